The van der Waals surface area contributed by atoms with E-state index in [9.17, 15) is 4.79 Å². The number of hydrogen-bond donors (Lipinski definition) is 0. The molecule has 4 aromatic rings. The van der Waals surface area contributed by atoms with Crippen molar-refractivity contribution < 1.29 is 18.2 Å². The fraction of sp³-hybridized carbons (Fsp3) is 0.263. The van der Waals surface area contributed by atoms with Crippen molar-refractivity contribution in [3.05, 3.63) is 52.9 Å². The predicted octanol–water partition coefficient (Wildman–Crippen LogP) is 4.32. The van der Waals surface area contributed by atoms with Crippen molar-refractivity contribution in [2.75, 3.05) is 5.75 Å². The first kappa shape index (κ1) is 18.3. The number of furan rings is 1. The Hall–Kier alpha value is -3.07. The van der Waals surface area contributed by atoms with Crippen LogP contribution in [0, 0.1) is 27.7 Å². The number of thioether (sulfide) groups is 1. The molecule has 0 unspecified atom stereocenters. The lowest BCUT2D eigenvalue weighted by molar-refractivity contribution is 0.102. The summed E-state index contributed by atoms with van der Waals surface area (Å²) in [6, 6.07) is 5.46. The molecule has 0 N–H and O–H groups in total. The molecule has 0 aliphatic heterocycles. The summed E-state index contributed by atoms with van der Waals surface area (Å²) >= 11 is 1.21. The summed E-state index contributed by atoms with van der Waals surface area (Å²) in [6.45, 7) is 7.47. The van der Waals surface area contributed by atoms with Crippen molar-refractivity contribution in [2.45, 2.75) is 32.9 Å². The molecule has 0 amide bonds. The van der Waals surface area contributed by atoms with Crippen molar-refractivity contribution >= 4 is 17.5 Å². The van der Waals surface area contributed by atoms with Gasteiger partial charge >= 0.3 is 0 Å². The minimum Gasteiger partial charge on any atom is -0.469 e. The maximum absolute atomic E-state index is 12.7. The Bertz CT molecular complexity index is 1150. The van der Waals surface area contributed by atoms with Crippen molar-refractivity contribution in [3.63, 3.8) is 0 Å². The molecular weight excluding hydrogens is 380 g/mol. The summed E-state index contributed by atoms with van der Waals surface area (Å²) in [5, 5.41) is 12.4. The van der Waals surface area contributed by atoms with Gasteiger partial charge < -0.3 is 13.4 Å². The van der Waals surface area contributed by atoms with Crippen LogP contribution in [0.4, 0.5) is 0 Å². The van der Waals surface area contributed by atoms with Crippen LogP contribution in [0.3, 0.4) is 0 Å². The van der Waals surface area contributed by atoms with Crippen LogP contribution in [-0.4, -0.2) is 31.5 Å². The highest BCUT2D eigenvalue weighted by Crippen LogP contribution is 2.27. The Kier molecular flexibility index (Phi) is 4.68. The highest BCUT2D eigenvalue weighted by molar-refractivity contribution is 7.99. The number of hydrogen-bond acceptors (Lipinski definition) is 8. The van der Waals surface area contributed by atoms with Crippen LogP contribution < -0.4 is 0 Å². The SMILES string of the molecule is Cc1cc(-n2c(C)cc(C(=O)CSc3nnc(-c4ccoc4C)o3)c2C)no1. The molecule has 0 saturated carbocycles. The second-order valence-corrected chi connectivity index (χ2v) is 7.32. The molecular formula is C19H18N4O4S. The number of ketones is 1. The van der Waals surface area contributed by atoms with E-state index in [0.717, 1.165) is 17.0 Å². The summed E-state index contributed by atoms with van der Waals surface area (Å²) < 4.78 is 17.9. The van der Waals surface area contributed by atoms with E-state index in [-0.39, 0.29) is 11.5 Å². The van der Waals surface area contributed by atoms with Crippen LogP contribution in [0.1, 0.15) is 33.3 Å². The Balaban J connectivity index is 1.49. The van der Waals surface area contributed by atoms with Crippen LogP contribution in [-0.2, 0) is 0 Å². The van der Waals surface area contributed by atoms with Gasteiger partial charge in [-0.05, 0) is 39.8 Å². The molecule has 8 nitrogen and oxygen atoms in total. The largest absolute Gasteiger partial charge is 0.469 e. The lowest BCUT2D eigenvalue weighted by Gasteiger charge is -2.04. The zero-order chi connectivity index (χ0) is 19.8. The number of rotatable bonds is 6. The summed E-state index contributed by atoms with van der Waals surface area (Å²) in [6.07, 6.45) is 1.57. The molecule has 0 aliphatic rings. The van der Waals surface area contributed by atoms with Crippen molar-refractivity contribution in [3.8, 4) is 17.3 Å². The van der Waals surface area contributed by atoms with Crippen molar-refractivity contribution in [1.29, 1.82) is 0 Å². The van der Waals surface area contributed by atoms with Gasteiger partial charge in [0.2, 0.25) is 0 Å². The molecule has 0 aliphatic carbocycles. The number of aryl methyl sites for hydroxylation is 3. The Labute approximate surface area is 164 Å². The fourth-order valence-corrected chi connectivity index (χ4v) is 3.69. The summed E-state index contributed by atoms with van der Waals surface area (Å²) in [4.78, 5) is 12.7. The first-order chi connectivity index (χ1) is 13.4. The Morgan fingerprint density at radius 3 is 2.68 bits per heavy atom. The van der Waals surface area contributed by atoms with E-state index in [4.69, 9.17) is 13.4 Å². The lowest BCUT2D eigenvalue weighted by Crippen LogP contribution is -2.05. The van der Waals surface area contributed by atoms with Gasteiger partial charge in [-0.15, -0.1) is 10.2 Å². The van der Waals surface area contributed by atoms with E-state index < -0.39 is 0 Å². The molecule has 0 atom stereocenters. The average Bonchev–Trinajstić information content (AvgIpc) is 3.42. The van der Waals surface area contributed by atoms with E-state index in [0.29, 0.717) is 34.0 Å². The minimum atomic E-state index is -0.0243. The van der Waals surface area contributed by atoms with E-state index in [1.807, 2.05) is 44.4 Å². The van der Waals surface area contributed by atoms with Gasteiger partial charge in [-0.3, -0.25) is 9.36 Å². The topological polar surface area (TPSA) is 100 Å². The molecule has 0 aromatic carbocycles. The van der Waals surface area contributed by atoms with E-state index in [1.165, 1.54) is 11.8 Å². The fourth-order valence-electron chi connectivity index (χ4n) is 3.05. The van der Waals surface area contributed by atoms with Gasteiger partial charge in [-0.25, -0.2) is 0 Å². The molecule has 0 saturated heterocycles. The van der Waals surface area contributed by atoms with E-state index in [1.54, 1.807) is 12.3 Å². The molecule has 9 heteroatoms. The Morgan fingerprint density at radius 2 is 2.00 bits per heavy atom. The number of carbonyl (C=O) groups is 1. The second kappa shape index (κ2) is 7.16. The minimum absolute atomic E-state index is 0.0243. The summed E-state index contributed by atoms with van der Waals surface area (Å²) in [5.74, 6) is 2.62. The second-order valence-electron chi connectivity index (χ2n) is 6.39. The standard InChI is InChI=1S/C19H18N4O4S/c1-10-7-15(12(3)23(10)17-8-11(2)27-22-17)16(24)9-28-19-21-20-18(26-19)14-5-6-25-13(14)4/h5-8H,9H2,1-4H3. The summed E-state index contributed by atoms with van der Waals surface area (Å²) in [7, 11) is 0. The summed E-state index contributed by atoms with van der Waals surface area (Å²) in [5.41, 5.74) is 3.11. The molecule has 0 spiro atoms. The monoisotopic (exact) mass is 398 g/mol. The van der Waals surface area contributed by atoms with Crippen LogP contribution in [0.25, 0.3) is 17.3 Å². The lowest BCUT2D eigenvalue weighted by atomic mass is 10.2. The molecule has 0 radical (unpaired) electrons. The molecule has 144 valence electrons. The van der Waals surface area contributed by atoms with Gasteiger partial charge in [0, 0.05) is 23.0 Å². The van der Waals surface area contributed by atoms with Gasteiger partial charge in [0.15, 0.2) is 11.6 Å². The van der Waals surface area contributed by atoms with Gasteiger partial charge in [-0.1, -0.05) is 16.9 Å². The third-order valence-corrected chi connectivity index (χ3v) is 5.22. The first-order valence-corrected chi connectivity index (χ1v) is 9.59. The maximum Gasteiger partial charge on any atom is 0.277 e. The number of carbonyl (C=O) groups excluding carboxylic acids is 1. The zero-order valence-corrected chi connectivity index (χ0v) is 16.7. The van der Waals surface area contributed by atoms with E-state index in [2.05, 4.69) is 15.4 Å². The third kappa shape index (κ3) is 3.29. The smallest absolute Gasteiger partial charge is 0.277 e. The number of Topliss-reactive ketones (excluding diaryl/α,β-unsaturated/α-hetero) is 1. The zero-order valence-electron chi connectivity index (χ0n) is 15.8. The maximum atomic E-state index is 12.7. The first-order valence-electron chi connectivity index (χ1n) is 8.60. The van der Waals surface area contributed by atoms with Crippen LogP contribution >= 0.6 is 11.8 Å². The highest BCUT2D eigenvalue weighted by Gasteiger charge is 2.20. The third-order valence-electron chi connectivity index (χ3n) is 4.40. The molecule has 28 heavy (non-hydrogen) atoms. The number of nitrogens with zero attached hydrogens (tertiary/aromatic N) is 4. The molecule has 0 fully saturated rings. The van der Waals surface area contributed by atoms with Gasteiger partial charge in [0.1, 0.15) is 11.5 Å². The quantitative estimate of drug-likeness (QED) is 0.350. The van der Waals surface area contributed by atoms with Gasteiger partial charge in [-0.2, -0.15) is 0 Å². The molecule has 4 heterocycles. The van der Waals surface area contributed by atoms with Crippen LogP contribution in [0.2, 0.25) is 0 Å². The molecule has 4 aromatic heterocycles. The van der Waals surface area contributed by atoms with Crippen molar-refractivity contribution in [2.24, 2.45) is 0 Å². The highest BCUT2D eigenvalue weighted by atomic mass is 32.2. The van der Waals surface area contributed by atoms with Gasteiger partial charge in [0.05, 0.1) is 17.6 Å². The van der Waals surface area contributed by atoms with Crippen molar-refractivity contribution in [1.82, 2.24) is 19.9 Å². The van der Waals surface area contributed by atoms with E-state index >= 15 is 0 Å². The molecule has 0 bridgehead atoms. The predicted molar refractivity (Wildman–Crippen MR) is 102 cm³/mol. The van der Waals surface area contributed by atoms with Crippen LogP contribution in [0.5, 0.6) is 0 Å². The Morgan fingerprint density at radius 1 is 1.18 bits per heavy atom. The van der Waals surface area contributed by atoms with Gasteiger partial charge in [0.25, 0.3) is 11.1 Å². The number of aromatic nitrogens is 4. The molecule has 4 rings (SSSR count). The normalized spacial score (nSPS) is 11.3. The van der Waals surface area contributed by atoms with Crippen LogP contribution in [0.15, 0.2) is 43.0 Å². The average molecular weight is 398 g/mol.